The fourth-order valence-electron chi connectivity index (χ4n) is 4.98. The summed E-state index contributed by atoms with van der Waals surface area (Å²) in [7, 11) is 3.64. The summed E-state index contributed by atoms with van der Waals surface area (Å²) >= 11 is 0. The average Bonchev–Trinajstić information content (AvgIpc) is 3.27. The van der Waals surface area contributed by atoms with Gasteiger partial charge in [-0.3, -0.25) is 4.99 Å². The Balaban J connectivity index is 0.00000363. The van der Waals surface area contributed by atoms with Gasteiger partial charge in [0.25, 0.3) is 0 Å². The van der Waals surface area contributed by atoms with Crippen LogP contribution < -0.4 is 10.6 Å². The molecule has 1 heterocycles. The highest BCUT2D eigenvalue weighted by atomic mass is 127. The van der Waals surface area contributed by atoms with Gasteiger partial charge in [-0.25, -0.2) is 0 Å². The summed E-state index contributed by atoms with van der Waals surface area (Å²) in [5.74, 6) is 1.03. The molecule has 1 aromatic rings. The molecule has 1 unspecified atom stereocenters. The van der Waals surface area contributed by atoms with Crippen molar-refractivity contribution in [2.75, 3.05) is 47.0 Å². The predicted molar refractivity (Wildman–Crippen MR) is 143 cm³/mol. The summed E-state index contributed by atoms with van der Waals surface area (Å²) < 4.78 is 11.1. The van der Waals surface area contributed by atoms with Crippen molar-refractivity contribution in [3.05, 3.63) is 35.9 Å². The molecule has 32 heavy (non-hydrogen) atoms. The molecule has 0 spiro atoms. The van der Waals surface area contributed by atoms with E-state index in [2.05, 4.69) is 57.8 Å². The van der Waals surface area contributed by atoms with Crippen LogP contribution in [0.3, 0.4) is 0 Å². The number of methoxy groups -OCH3 is 1. The number of nitrogens with zero attached hydrogens (tertiary/aromatic N) is 2. The molecule has 6 nitrogen and oxygen atoms in total. The van der Waals surface area contributed by atoms with E-state index in [-0.39, 0.29) is 29.5 Å². The Labute approximate surface area is 211 Å². The second kappa shape index (κ2) is 14.4. The predicted octanol–water partition coefficient (Wildman–Crippen LogP) is 4.36. The Morgan fingerprint density at radius 2 is 1.84 bits per heavy atom. The Kier molecular flexibility index (Phi) is 12.3. The second-order valence-electron chi connectivity index (χ2n) is 9.07. The lowest BCUT2D eigenvalue weighted by Gasteiger charge is -2.38. The minimum atomic E-state index is 0. The Morgan fingerprint density at radius 1 is 1.16 bits per heavy atom. The monoisotopic (exact) mass is 558 g/mol. The van der Waals surface area contributed by atoms with E-state index in [9.17, 15) is 0 Å². The summed E-state index contributed by atoms with van der Waals surface area (Å²) in [4.78, 5) is 6.99. The molecule has 1 saturated carbocycles. The van der Waals surface area contributed by atoms with Crippen LogP contribution in [0.1, 0.15) is 63.5 Å². The third kappa shape index (κ3) is 8.15. The normalized spacial score (nSPS) is 20.1. The van der Waals surface area contributed by atoms with Crippen molar-refractivity contribution in [2.45, 2.75) is 69.6 Å². The SMILES string of the molecule is CN=C(NCC1(NC(C)c2ccccc2)CCCC1)N1CCC(OCCCOC)CC1.I. The number of hydrogen-bond acceptors (Lipinski definition) is 4. The molecule has 1 atom stereocenters. The van der Waals surface area contributed by atoms with Gasteiger partial charge in [0.2, 0.25) is 0 Å². The lowest BCUT2D eigenvalue weighted by Crippen LogP contribution is -2.55. The molecule has 7 heteroatoms. The first-order chi connectivity index (χ1) is 15.2. The van der Waals surface area contributed by atoms with E-state index in [1.807, 2.05) is 7.05 Å². The standard InChI is InChI=1S/C25H42N4O2.HI/c1-21(22-10-5-4-6-11-22)28-25(14-7-8-15-25)20-27-24(26-2)29-16-12-23(13-17-29)31-19-9-18-30-3;/h4-6,10-11,21,23,28H,7-9,12-20H2,1-3H3,(H,26,27);1H. The van der Waals surface area contributed by atoms with Gasteiger partial charge in [0.15, 0.2) is 5.96 Å². The summed E-state index contributed by atoms with van der Waals surface area (Å²) in [6.07, 6.45) is 8.46. The molecule has 0 aromatic heterocycles. The fraction of sp³-hybridized carbons (Fsp3) is 0.720. The van der Waals surface area contributed by atoms with E-state index in [4.69, 9.17) is 9.47 Å². The molecule has 1 saturated heterocycles. The van der Waals surface area contributed by atoms with Gasteiger partial charge in [0.05, 0.1) is 6.10 Å². The number of rotatable bonds is 10. The van der Waals surface area contributed by atoms with Crippen LogP contribution in [0.25, 0.3) is 0 Å². The Bertz CT molecular complexity index is 659. The van der Waals surface area contributed by atoms with Gasteiger partial charge < -0.3 is 25.0 Å². The van der Waals surface area contributed by atoms with E-state index >= 15 is 0 Å². The number of likely N-dealkylation sites (tertiary alicyclic amines) is 1. The third-order valence-corrected chi connectivity index (χ3v) is 6.77. The number of hydrogen-bond donors (Lipinski definition) is 2. The number of aliphatic imine (C=N–C) groups is 1. The molecule has 3 rings (SSSR count). The summed E-state index contributed by atoms with van der Waals surface area (Å²) in [5, 5.41) is 7.67. The number of piperidine rings is 1. The van der Waals surface area contributed by atoms with Crippen molar-refractivity contribution in [2.24, 2.45) is 4.99 Å². The van der Waals surface area contributed by atoms with Crippen molar-refractivity contribution in [1.82, 2.24) is 15.5 Å². The Morgan fingerprint density at radius 3 is 2.47 bits per heavy atom. The molecule has 1 aliphatic heterocycles. The van der Waals surface area contributed by atoms with E-state index < -0.39 is 0 Å². The molecule has 0 amide bonds. The highest BCUT2D eigenvalue weighted by Crippen LogP contribution is 2.32. The molecular formula is C25H43IN4O2. The lowest BCUT2D eigenvalue weighted by atomic mass is 9.94. The van der Waals surface area contributed by atoms with Gasteiger partial charge in [-0.05, 0) is 44.6 Å². The molecule has 2 fully saturated rings. The van der Waals surface area contributed by atoms with Gasteiger partial charge in [0.1, 0.15) is 0 Å². The molecule has 182 valence electrons. The molecule has 0 bridgehead atoms. The molecule has 1 aromatic carbocycles. The van der Waals surface area contributed by atoms with Crippen molar-refractivity contribution >= 4 is 29.9 Å². The molecular weight excluding hydrogens is 515 g/mol. The number of halogens is 1. The van der Waals surface area contributed by atoms with Gasteiger partial charge in [-0.2, -0.15) is 0 Å². The summed E-state index contributed by atoms with van der Waals surface area (Å²) in [5.41, 5.74) is 1.49. The van der Waals surface area contributed by atoms with Gasteiger partial charge in [-0.1, -0.05) is 43.2 Å². The summed E-state index contributed by atoms with van der Waals surface area (Å²) in [6, 6.07) is 11.1. The first-order valence-electron chi connectivity index (χ1n) is 12.0. The number of benzene rings is 1. The zero-order valence-electron chi connectivity index (χ0n) is 20.1. The van der Waals surface area contributed by atoms with Gasteiger partial charge in [0, 0.05) is 58.6 Å². The first kappa shape index (κ1) is 27.3. The lowest BCUT2D eigenvalue weighted by molar-refractivity contribution is 0.00985. The Hall–Kier alpha value is -0.900. The maximum Gasteiger partial charge on any atom is 0.193 e. The van der Waals surface area contributed by atoms with Crippen molar-refractivity contribution in [3.8, 4) is 0 Å². The summed E-state index contributed by atoms with van der Waals surface area (Å²) in [6.45, 7) is 6.75. The average molecular weight is 559 g/mol. The van der Waals surface area contributed by atoms with Crippen LogP contribution in [0.15, 0.2) is 35.3 Å². The van der Waals surface area contributed by atoms with Gasteiger partial charge in [-0.15, -0.1) is 24.0 Å². The van der Waals surface area contributed by atoms with Crippen molar-refractivity contribution in [1.29, 1.82) is 0 Å². The highest BCUT2D eigenvalue weighted by molar-refractivity contribution is 14.0. The van der Waals surface area contributed by atoms with Crippen LogP contribution in [-0.4, -0.2) is 69.5 Å². The first-order valence-corrected chi connectivity index (χ1v) is 12.0. The highest BCUT2D eigenvalue weighted by Gasteiger charge is 2.35. The topological polar surface area (TPSA) is 58.1 Å². The van der Waals surface area contributed by atoms with E-state index in [0.29, 0.717) is 12.1 Å². The van der Waals surface area contributed by atoms with Crippen LogP contribution in [0.4, 0.5) is 0 Å². The molecule has 1 aliphatic carbocycles. The van der Waals surface area contributed by atoms with E-state index in [1.165, 1.54) is 31.2 Å². The van der Waals surface area contributed by atoms with Crippen LogP contribution in [0.5, 0.6) is 0 Å². The second-order valence-corrected chi connectivity index (χ2v) is 9.07. The van der Waals surface area contributed by atoms with E-state index in [1.54, 1.807) is 7.11 Å². The number of nitrogens with one attached hydrogen (secondary N) is 2. The quantitative estimate of drug-likeness (QED) is 0.194. The van der Waals surface area contributed by atoms with Crippen LogP contribution in [-0.2, 0) is 9.47 Å². The van der Waals surface area contributed by atoms with Crippen LogP contribution in [0, 0.1) is 0 Å². The van der Waals surface area contributed by atoms with Crippen LogP contribution in [0.2, 0.25) is 0 Å². The fourth-order valence-corrected chi connectivity index (χ4v) is 4.98. The zero-order valence-corrected chi connectivity index (χ0v) is 22.5. The molecule has 0 radical (unpaired) electrons. The number of ether oxygens (including phenoxy) is 2. The van der Waals surface area contributed by atoms with Crippen molar-refractivity contribution in [3.63, 3.8) is 0 Å². The smallest absolute Gasteiger partial charge is 0.193 e. The zero-order chi connectivity index (χ0) is 21.9. The van der Waals surface area contributed by atoms with E-state index in [0.717, 1.165) is 58.1 Å². The number of guanidine groups is 1. The molecule has 2 aliphatic rings. The minimum Gasteiger partial charge on any atom is -0.385 e. The minimum absolute atomic E-state index is 0. The maximum atomic E-state index is 6.01. The largest absolute Gasteiger partial charge is 0.385 e. The van der Waals surface area contributed by atoms with Gasteiger partial charge >= 0.3 is 0 Å². The van der Waals surface area contributed by atoms with Crippen molar-refractivity contribution < 1.29 is 9.47 Å². The van der Waals surface area contributed by atoms with Crippen LogP contribution >= 0.6 is 24.0 Å². The maximum absolute atomic E-state index is 6.01. The molecule has 2 N–H and O–H groups in total. The third-order valence-electron chi connectivity index (χ3n) is 6.77.